The van der Waals surface area contributed by atoms with Crippen molar-refractivity contribution < 1.29 is 4.79 Å². The Hall–Kier alpha value is -1.07. The lowest BCUT2D eigenvalue weighted by molar-refractivity contribution is -0.120. The van der Waals surface area contributed by atoms with Gasteiger partial charge in [0.15, 0.2) is 0 Å². The van der Waals surface area contributed by atoms with Gasteiger partial charge in [0.1, 0.15) is 0 Å². The van der Waals surface area contributed by atoms with Gasteiger partial charge in [-0.1, -0.05) is 6.92 Å². The van der Waals surface area contributed by atoms with Gasteiger partial charge in [0, 0.05) is 12.2 Å². The maximum Gasteiger partial charge on any atom is 0.229 e. The number of hydrogen-bond donors (Lipinski definition) is 3. The van der Waals surface area contributed by atoms with Crippen molar-refractivity contribution in [2.75, 3.05) is 11.9 Å². The van der Waals surface area contributed by atoms with Gasteiger partial charge < -0.3 is 10.6 Å². The maximum atomic E-state index is 11.9. The second-order valence-corrected chi connectivity index (χ2v) is 3.84. The van der Waals surface area contributed by atoms with Crippen LogP contribution < -0.4 is 10.6 Å². The van der Waals surface area contributed by atoms with Gasteiger partial charge in [-0.15, -0.1) is 12.4 Å². The van der Waals surface area contributed by atoms with Crippen LogP contribution in [0.4, 0.5) is 5.69 Å². The largest absolute Gasteiger partial charge is 0.323 e. The second-order valence-electron chi connectivity index (χ2n) is 3.84. The number of halogens is 1. The summed E-state index contributed by atoms with van der Waals surface area (Å²) in [5.41, 5.74) is 0.738. The van der Waals surface area contributed by atoms with Crippen LogP contribution in [0, 0.1) is 5.92 Å². The fourth-order valence-corrected chi connectivity index (χ4v) is 2.06. The molecule has 5 nitrogen and oxygen atoms in total. The highest BCUT2D eigenvalue weighted by Crippen LogP contribution is 2.19. The van der Waals surface area contributed by atoms with Gasteiger partial charge >= 0.3 is 0 Å². The maximum absolute atomic E-state index is 11.9. The number of rotatable bonds is 3. The molecular formula is C10H17ClN4O. The third-order valence-electron chi connectivity index (χ3n) is 2.89. The first-order valence-corrected chi connectivity index (χ1v) is 5.34. The summed E-state index contributed by atoms with van der Waals surface area (Å²) >= 11 is 0. The molecule has 2 heterocycles. The Morgan fingerprint density at radius 2 is 2.50 bits per heavy atom. The lowest BCUT2D eigenvalue weighted by Crippen LogP contribution is -2.33. The predicted octanol–water partition coefficient (Wildman–Crippen LogP) is 1.16. The molecular weight excluding hydrogens is 228 g/mol. The van der Waals surface area contributed by atoms with Crippen LogP contribution in [0.15, 0.2) is 12.4 Å². The smallest absolute Gasteiger partial charge is 0.229 e. The van der Waals surface area contributed by atoms with Gasteiger partial charge in [-0.05, 0) is 19.4 Å². The molecule has 1 aromatic heterocycles. The molecule has 90 valence electrons. The van der Waals surface area contributed by atoms with E-state index in [0.29, 0.717) is 6.04 Å². The molecule has 2 rings (SSSR count). The topological polar surface area (TPSA) is 69.8 Å². The van der Waals surface area contributed by atoms with Crippen molar-refractivity contribution >= 4 is 24.0 Å². The molecule has 1 fully saturated rings. The third-order valence-corrected chi connectivity index (χ3v) is 2.89. The fraction of sp³-hybridized carbons (Fsp3) is 0.600. The highest BCUT2D eigenvalue weighted by Gasteiger charge is 2.31. The van der Waals surface area contributed by atoms with E-state index in [0.717, 1.165) is 25.1 Å². The normalized spacial score (nSPS) is 23.8. The summed E-state index contributed by atoms with van der Waals surface area (Å²) in [4.78, 5) is 11.9. The van der Waals surface area contributed by atoms with Crippen LogP contribution in [-0.4, -0.2) is 28.7 Å². The van der Waals surface area contributed by atoms with Crippen molar-refractivity contribution in [3.63, 3.8) is 0 Å². The first-order valence-electron chi connectivity index (χ1n) is 5.34. The van der Waals surface area contributed by atoms with Gasteiger partial charge in [-0.2, -0.15) is 5.10 Å². The molecule has 1 amide bonds. The average Bonchev–Trinajstić information content (AvgIpc) is 2.86. The highest BCUT2D eigenvalue weighted by molar-refractivity contribution is 5.92. The molecule has 1 aliphatic rings. The minimum absolute atomic E-state index is 0. The molecule has 0 aliphatic carbocycles. The molecule has 1 aliphatic heterocycles. The van der Waals surface area contributed by atoms with Crippen molar-refractivity contribution in [3.05, 3.63) is 12.4 Å². The molecule has 6 heteroatoms. The van der Waals surface area contributed by atoms with E-state index in [9.17, 15) is 4.79 Å². The van der Waals surface area contributed by atoms with E-state index in [1.807, 2.05) is 0 Å². The van der Waals surface area contributed by atoms with Crippen LogP contribution in [-0.2, 0) is 4.79 Å². The average molecular weight is 245 g/mol. The van der Waals surface area contributed by atoms with E-state index in [1.165, 1.54) is 0 Å². The van der Waals surface area contributed by atoms with Crippen molar-refractivity contribution in [2.24, 2.45) is 5.92 Å². The first-order chi connectivity index (χ1) is 7.31. The zero-order valence-corrected chi connectivity index (χ0v) is 10.0. The summed E-state index contributed by atoms with van der Waals surface area (Å²) in [5.74, 6) is 0.179. The van der Waals surface area contributed by atoms with Crippen LogP contribution in [0.3, 0.4) is 0 Å². The van der Waals surface area contributed by atoms with E-state index in [-0.39, 0.29) is 24.2 Å². The summed E-state index contributed by atoms with van der Waals surface area (Å²) in [6.45, 7) is 3.03. The summed E-state index contributed by atoms with van der Waals surface area (Å²) in [6, 6.07) is 0.317. The van der Waals surface area contributed by atoms with Gasteiger partial charge in [-0.25, -0.2) is 0 Å². The zero-order valence-electron chi connectivity index (χ0n) is 9.19. The lowest BCUT2D eigenvalue weighted by Gasteiger charge is -2.16. The Kier molecular flexibility index (Phi) is 4.76. The third kappa shape index (κ3) is 2.74. The quantitative estimate of drug-likeness (QED) is 0.747. The molecule has 16 heavy (non-hydrogen) atoms. The minimum Gasteiger partial charge on any atom is -0.323 e. The van der Waals surface area contributed by atoms with Crippen molar-refractivity contribution in [2.45, 2.75) is 25.8 Å². The molecule has 0 radical (unpaired) electrons. The number of carbonyl (C=O) groups is 1. The number of hydrogen-bond acceptors (Lipinski definition) is 3. The molecule has 0 aromatic carbocycles. The van der Waals surface area contributed by atoms with Gasteiger partial charge in [0.25, 0.3) is 0 Å². The Bertz CT molecular complexity index is 328. The molecule has 0 bridgehead atoms. The van der Waals surface area contributed by atoms with Crippen molar-refractivity contribution in [3.8, 4) is 0 Å². The van der Waals surface area contributed by atoms with Crippen LogP contribution in [0.1, 0.15) is 19.8 Å². The molecule has 2 unspecified atom stereocenters. The summed E-state index contributed by atoms with van der Waals surface area (Å²) in [6.07, 6.45) is 5.20. The summed E-state index contributed by atoms with van der Waals surface area (Å²) < 4.78 is 0. The van der Waals surface area contributed by atoms with Crippen LogP contribution in [0.5, 0.6) is 0 Å². The van der Waals surface area contributed by atoms with E-state index in [4.69, 9.17) is 0 Å². The lowest BCUT2D eigenvalue weighted by atomic mass is 9.98. The van der Waals surface area contributed by atoms with Crippen LogP contribution in [0.2, 0.25) is 0 Å². The highest BCUT2D eigenvalue weighted by atomic mass is 35.5. The van der Waals surface area contributed by atoms with Crippen molar-refractivity contribution in [1.29, 1.82) is 0 Å². The number of aromatic amines is 1. The standard InChI is InChI=1S/C10H16N4O.ClH/c1-2-9-8(3-4-11-9)10(15)14-7-5-12-13-6-7;/h5-6,8-9,11H,2-4H2,1H3,(H,12,13)(H,14,15);1H. The number of anilines is 1. The number of aromatic nitrogens is 2. The number of H-pyrrole nitrogens is 1. The second kappa shape index (κ2) is 5.86. The minimum atomic E-state index is 0. The molecule has 1 aromatic rings. The van der Waals surface area contributed by atoms with E-state index in [2.05, 4.69) is 27.8 Å². The Labute approximate surface area is 101 Å². The molecule has 0 spiro atoms. The predicted molar refractivity (Wildman–Crippen MR) is 64.7 cm³/mol. The molecule has 3 N–H and O–H groups in total. The Morgan fingerprint density at radius 1 is 1.69 bits per heavy atom. The molecule has 2 atom stereocenters. The first kappa shape index (κ1) is 13.0. The SMILES string of the molecule is CCC1NCCC1C(=O)Nc1cn[nH]c1.Cl. The zero-order chi connectivity index (χ0) is 10.7. The molecule has 1 saturated heterocycles. The number of nitrogens with zero attached hydrogens (tertiary/aromatic N) is 1. The van der Waals surface area contributed by atoms with Gasteiger partial charge in [-0.3, -0.25) is 9.89 Å². The van der Waals surface area contributed by atoms with Gasteiger partial charge in [0.05, 0.1) is 17.8 Å². The molecule has 0 saturated carbocycles. The number of nitrogens with one attached hydrogen (secondary N) is 3. The Morgan fingerprint density at radius 3 is 3.12 bits per heavy atom. The van der Waals surface area contributed by atoms with E-state index < -0.39 is 0 Å². The number of carbonyl (C=O) groups excluding carboxylic acids is 1. The van der Waals surface area contributed by atoms with Gasteiger partial charge in [0.2, 0.25) is 5.91 Å². The van der Waals surface area contributed by atoms with E-state index >= 15 is 0 Å². The monoisotopic (exact) mass is 244 g/mol. The van der Waals surface area contributed by atoms with Crippen LogP contribution in [0.25, 0.3) is 0 Å². The van der Waals surface area contributed by atoms with Crippen molar-refractivity contribution in [1.82, 2.24) is 15.5 Å². The Balaban J connectivity index is 0.00000128. The van der Waals surface area contributed by atoms with E-state index in [1.54, 1.807) is 12.4 Å². The fourth-order valence-electron chi connectivity index (χ4n) is 2.06. The summed E-state index contributed by atoms with van der Waals surface area (Å²) in [7, 11) is 0. The van der Waals surface area contributed by atoms with Crippen LogP contribution >= 0.6 is 12.4 Å². The summed E-state index contributed by atoms with van der Waals surface area (Å²) in [5, 5.41) is 12.6. The number of amides is 1.